The lowest BCUT2D eigenvalue weighted by Crippen LogP contribution is -2.53. The highest BCUT2D eigenvalue weighted by Gasteiger charge is 2.59. The Balaban J connectivity index is 1.59. The van der Waals surface area contributed by atoms with Crippen LogP contribution in [-0.2, 0) is 9.53 Å². The Labute approximate surface area is 141 Å². The Morgan fingerprint density at radius 3 is 2.57 bits per heavy atom. The topological polar surface area (TPSA) is 26.3 Å². The number of rotatable bonds is 2. The maximum Gasteiger partial charge on any atom is 0.133 e. The summed E-state index contributed by atoms with van der Waals surface area (Å²) in [6.45, 7) is 6.08. The van der Waals surface area contributed by atoms with Crippen LogP contribution in [-0.4, -0.2) is 19.5 Å². The molecular formula is C21H34O2. The van der Waals surface area contributed by atoms with E-state index in [1.165, 1.54) is 44.9 Å². The molecule has 4 saturated carbocycles. The average molecular weight is 319 g/mol. The van der Waals surface area contributed by atoms with Crippen LogP contribution in [0.2, 0.25) is 0 Å². The Morgan fingerprint density at radius 2 is 1.78 bits per heavy atom. The van der Waals surface area contributed by atoms with Gasteiger partial charge in [-0.25, -0.2) is 0 Å². The summed E-state index contributed by atoms with van der Waals surface area (Å²) < 4.78 is 5.56. The lowest BCUT2D eigenvalue weighted by molar-refractivity contribution is -0.140. The molecule has 0 aromatic heterocycles. The molecule has 0 unspecified atom stereocenters. The maximum atomic E-state index is 12.0. The number of hydrogen-bond acceptors (Lipinski definition) is 2. The molecule has 0 bridgehead atoms. The molecule has 4 aliphatic rings. The molecule has 0 N–H and O–H groups in total. The van der Waals surface area contributed by atoms with Crippen molar-refractivity contribution in [2.24, 2.45) is 40.4 Å². The van der Waals surface area contributed by atoms with Crippen LogP contribution in [0.1, 0.15) is 71.6 Å². The third kappa shape index (κ3) is 2.27. The van der Waals surface area contributed by atoms with Gasteiger partial charge in [-0.2, -0.15) is 0 Å². The first kappa shape index (κ1) is 16.1. The summed E-state index contributed by atoms with van der Waals surface area (Å²) >= 11 is 0. The minimum absolute atomic E-state index is 0.456. The maximum absolute atomic E-state index is 12.0. The summed E-state index contributed by atoms with van der Waals surface area (Å²) in [6, 6.07) is 0. The minimum atomic E-state index is 0.456. The Hall–Kier alpha value is -0.370. The van der Waals surface area contributed by atoms with E-state index in [4.69, 9.17) is 4.74 Å². The Kier molecular flexibility index (Phi) is 3.91. The number of carbonyl (C=O) groups is 1. The predicted octanol–water partition coefficient (Wildman–Crippen LogP) is 4.86. The second-order valence-electron chi connectivity index (χ2n) is 9.67. The van der Waals surface area contributed by atoms with E-state index in [0.29, 0.717) is 22.5 Å². The third-order valence-electron chi connectivity index (χ3n) is 9.05. The van der Waals surface area contributed by atoms with Crippen molar-refractivity contribution in [1.82, 2.24) is 0 Å². The van der Waals surface area contributed by atoms with Gasteiger partial charge >= 0.3 is 0 Å². The summed E-state index contributed by atoms with van der Waals surface area (Å²) in [5.74, 6) is 4.71. The lowest BCUT2D eigenvalue weighted by atomic mass is 9.45. The van der Waals surface area contributed by atoms with Gasteiger partial charge < -0.3 is 4.74 Å². The molecule has 4 fully saturated rings. The van der Waals surface area contributed by atoms with E-state index >= 15 is 0 Å². The largest absolute Gasteiger partial charge is 0.384 e. The average Bonchev–Trinajstić information content (AvgIpc) is 2.85. The summed E-state index contributed by atoms with van der Waals surface area (Å²) in [6.07, 6.45) is 11.2. The van der Waals surface area contributed by atoms with E-state index in [0.717, 1.165) is 43.1 Å². The number of methoxy groups -OCH3 is 1. The van der Waals surface area contributed by atoms with Crippen LogP contribution in [0.4, 0.5) is 0 Å². The molecule has 0 radical (unpaired) electrons. The number of fused-ring (bicyclic) bond motifs is 5. The highest BCUT2D eigenvalue weighted by atomic mass is 16.5. The van der Waals surface area contributed by atoms with Crippen molar-refractivity contribution in [2.75, 3.05) is 13.7 Å². The Bertz CT molecular complexity index is 486. The number of ketones is 1. The summed E-state index contributed by atoms with van der Waals surface area (Å²) in [5.41, 5.74) is 0.975. The van der Waals surface area contributed by atoms with Gasteiger partial charge in [0, 0.05) is 26.6 Å². The van der Waals surface area contributed by atoms with Crippen LogP contribution in [0.3, 0.4) is 0 Å². The van der Waals surface area contributed by atoms with Crippen LogP contribution < -0.4 is 0 Å². The van der Waals surface area contributed by atoms with Gasteiger partial charge in [-0.3, -0.25) is 4.79 Å². The fourth-order valence-electron chi connectivity index (χ4n) is 7.63. The first-order valence-electron chi connectivity index (χ1n) is 9.99. The van der Waals surface area contributed by atoms with E-state index in [1.54, 1.807) is 0 Å². The normalized spacial score (nSPS) is 52.7. The van der Waals surface area contributed by atoms with Gasteiger partial charge in [-0.05, 0) is 85.4 Å². The number of hydrogen-bond donors (Lipinski definition) is 0. The molecule has 130 valence electrons. The van der Waals surface area contributed by atoms with Gasteiger partial charge in [-0.1, -0.05) is 13.8 Å². The van der Waals surface area contributed by atoms with Crippen LogP contribution >= 0.6 is 0 Å². The van der Waals surface area contributed by atoms with Crippen molar-refractivity contribution in [3.63, 3.8) is 0 Å². The molecule has 4 aliphatic carbocycles. The molecule has 7 atom stereocenters. The standard InChI is InChI=1S/C21H34O2/c1-20-10-8-16(22)12-14(20)4-6-17-18-7-5-15(13-23-3)21(18,2)11-9-19(17)20/h14-15,17-19H,4-13H2,1-3H3/t14-,15+,17-,18-,19-,20-,21+/m0/s1. The monoisotopic (exact) mass is 318 g/mol. The van der Waals surface area contributed by atoms with Crippen molar-refractivity contribution in [2.45, 2.75) is 71.6 Å². The fraction of sp³-hybridized carbons (Fsp3) is 0.952. The zero-order valence-corrected chi connectivity index (χ0v) is 15.3. The van der Waals surface area contributed by atoms with Crippen molar-refractivity contribution in [3.05, 3.63) is 0 Å². The first-order valence-corrected chi connectivity index (χ1v) is 9.99. The molecule has 0 amide bonds. The summed E-state index contributed by atoms with van der Waals surface area (Å²) in [5, 5.41) is 0. The second kappa shape index (κ2) is 5.58. The van der Waals surface area contributed by atoms with Gasteiger partial charge in [0.25, 0.3) is 0 Å². The molecule has 23 heavy (non-hydrogen) atoms. The van der Waals surface area contributed by atoms with Gasteiger partial charge in [0.2, 0.25) is 0 Å². The van der Waals surface area contributed by atoms with E-state index < -0.39 is 0 Å². The number of carbonyl (C=O) groups excluding carboxylic acids is 1. The predicted molar refractivity (Wildman–Crippen MR) is 92.1 cm³/mol. The van der Waals surface area contributed by atoms with Crippen LogP contribution in [0.15, 0.2) is 0 Å². The van der Waals surface area contributed by atoms with Crippen molar-refractivity contribution >= 4 is 5.78 Å². The van der Waals surface area contributed by atoms with Gasteiger partial charge in [-0.15, -0.1) is 0 Å². The zero-order chi connectivity index (χ0) is 16.2. The van der Waals surface area contributed by atoms with Crippen LogP contribution in [0.25, 0.3) is 0 Å². The summed E-state index contributed by atoms with van der Waals surface area (Å²) in [7, 11) is 1.87. The molecule has 0 spiro atoms. The highest BCUT2D eigenvalue weighted by Crippen LogP contribution is 2.67. The minimum Gasteiger partial charge on any atom is -0.384 e. The molecule has 2 heteroatoms. The SMILES string of the molecule is COC[C@H]1CC[C@H]2[C@@H]3CC[C@H]4CC(=O)CC[C@]4(C)[C@H]3CC[C@]12C. The molecule has 2 nitrogen and oxygen atoms in total. The molecule has 0 aromatic rings. The van der Waals surface area contributed by atoms with Crippen LogP contribution in [0, 0.1) is 40.4 Å². The molecule has 0 saturated heterocycles. The van der Waals surface area contributed by atoms with E-state index in [2.05, 4.69) is 13.8 Å². The lowest BCUT2D eigenvalue weighted by Gasteiger charge is -2.60. The van der Waals surface area contributed by atoms with Gasteiger partial charge in [0.15, 0.2) is 0 Å². The molecule has 0 heterocycles. The summed E-state index contributed by atoms with van der Waals surface area (Å²) in [4.78, 5) is 12.0. The van der Waals surface area contributed by atoms with Crippen molar-refractivity contribution in [3.8, 4) is 0 Å². The quantitative estimate of drug-likeness (QED) is 0.726. The number of Topliss-reactive ketones (excluding diaryl/α,β-unsaturated/α-hetero) is 1. The van der Waals surface area contributed by atoms with E-state index in [9.17, 15) is 4.79 Å². The van der Waals surface area contributed by atoms with Gasteiger partial charge in [0.1, 0.15) is 5.78 Å². The Morgan fingerprint density at radius 1 is 1.00 bits per heavy atom. The molecular weight excluding hydrogens is 284 g/mol. The molecule has 4 rings (SSSR count). The van der Waals surface area contributed by atoms with Crippen molar-refractivity contribution < 1.29 is 9.53 Å². The van der Waals surface area contributed by atoms with E-state index in [-0.39, 0.29) is 0 Å². The third-order valence-corrected chi connectivity index (χ3v) is 9.05. The molecule has 0 aromatic carbocycles. The first-order chi connectivity index (χ1) is 11.0. The fourth-order valence-corrected chi connectivity index (χ4v) is 7.63. The van der Waals surface area contributed by atoms with Gasteiger partial charge in [0.05, 0.1) is 0 Å². The van der Waals surface area contributed by atoms with Crippen LogP contribution in [0.5, 0.6) is 0 Å². The molecule has 0 aliphatic heterocycles. The van der Waals surface area contributed by atoms with E-state index in [1.807, 2.05) is 7.11 Å². The number of ether oxygens (including phenoxy) is 1. The highest BCUT2D eigenvalue weighted by molar-refractivity contribution is 5.79. The van der Waals surface area contributed by atoms with Crippen molar-refractivity contribution in [1.29, 1.82) is 0 Å². The smallest absolute Gasteiger partial charge is 0.133 e. The zero-order valence-electron chi connectivity index (χ0n) is 15.3. The second-order valence-corrected chi connectivity index (χ2v) is 9.67.